The Morgan fingerprint density at radius 1 is 0.963 bits per heavy atom. The number of aliphatic imine (C=N–C) groups is 1. The van der Waals surface area contributed by atoms with Crippen molar-refractivity contribution < 1.29 is 4.79 Å². The molecular formula is C22H30N4O. The summed E-state index contributed by atoms with van der Waals surface area (Å²) in [6.45, 7) is 4.35. The summed E-state index contributed by atoms with van der Waals surface area (Å²) >= 11 is 0. The average Bonchev–Trinajstić information content (AvgIpc) is 2.72. The number of nitrogens with one attached hydrogen (secondary N) is 2. The molecule has 0 unspecified atom stereocenters. The first-order chi connectivity index (χ1) is 13.2. The lowest BCUT2D eigenvalue weighted by atomic mass is 10.1. The third-order valence-corrected chi connectivity index (χ3v) is 4.36. The van der Waals surface area contributed by atoms with Crippen molar-refractivity contribution in [2.24, 2.45) is 4.99 Å². The Labute approximate surface area is 162 Å². The average molecular weight is 367 g/mol. The molecule has 0 atom stereocenters. The maximum Gasteiger partial charge on any atom is 0.242 e. The number of amides is 1. The van der Waals surface area contributed by atoms with Crippen LogP contribution in [0.5, 0.6) is 0 Å². The molecule has 0 aliphatic carbocycles. The van der Waals surface area contributed by atoms with Crippen LogP contribution >= 0.6 is 0 Å². The fourth-order valence-corrected chi connectivity index (χ4v) is 2.82. The van der Waals surface area contributed by atoms with Crippen LogP contribution in [0.4, 0.5) is 0 Å². The van der Waals surface area contributed by atoms with Crippen LogP contribution in [0, 0.1) is 0 Å². The number of carbonyl (C=O) groups is 1. The molecule has 2 rings (SSSR count). The minimum atomic E-state index is 0.0635. The van der Waals surface area contributed by atoms with Gasteiger partial charge < -0.3 is 15.5 Å². The first-order valence-electron chi connectivity index (χ1n) is 9.53. The highest BCUT2D eigenvalue weighted by Gasteiger charge is 2.12. The molecule has 0 radical (unpaired) electrons. The van der Waals surface area contributed by atoms with Gasteiger partial charge in [0.2, 0.25) is 5.91 Å². The van der Waals surface area contributed by atoms with Gasteiger partial charge in [0.05, 0.1) is 6.54 Å². The summed E-state index contributed by atoms with van der Waals surface area (Å²) < 4.78 is 0. The normalized spacial score (nSPS) is 11.1. The molecule has 0 saturated heterocycles. The van der Waals surface area contributed by atoms with Crippen molar-refractivity contribution in [2.75, 3.05) is 26.7 Å². The second-order valence-corrected chi connectivity index (χ2v) is 6.34. The van der Waals surface area contributed by atoms with Crippen LogP contribution in [-0.4, -0.2) is 43.4 Å². The zero-order valence-electron chi connectivity index (χ0n) is 16.3. The fraction of sp³-hybridized carbons (Fsp3) is 0.364. The van der Waals surface area contributed by atoms with Crippen LogP contribution < -0.4 is 10.6 Å². The Balaban J connectivity index is 1.71. The van der Waals surface area contributed by atoms with Crippen LogP contribution in [0.1, 0.15) is 24.5 Å². The van der Waals surface area contributed by atoms with E-state index >= 15 is 0 Å². The standard InChI is InChI=1S/C22H30N4O/c1-3-26(18-20-13-8-5-9-14-20)21(27)17-25-22(23-2)24-16-10-15-19-11-6-4-7-12-19/h4-9,11-14H,3,10,15-18H2,1-2H3,(H2,23,24,25). The maximum atomic E-state index is 12.5. The summed E-state index contributed by atoms with van der Waals surface area (Å²) in [4.78, 5) is 18.5. The maximum absolute atomic E-state index is 12.5. The predicted octanol–water partition coefficient (Wildman–Crippen LogP) is 2.83. The van der Waals surface area contributed by atoms with Gasteiger partial charge in [-0.25, -0.2) is 0 Å². The number of carbonyl (C=O) groups excluding carboxylic acids is 1. The summed E-state index contributed by atoms with van der Waals surface area (Å²) in [5, 5.41) is 6.39. The molecule has 0 aliphatic heterocycles. The second-order valence-electron chi connectivity index (χ2n) is 6.34. The lowest BCUT2D eigenvalue weighted by Crippen LogP contribution is -2.44. The van der Waals surface area contributed by atoms with Gasteiger partial charge in [-0.2, -0.15) is 0 Å². The first kappa shape index (κ1) is 20.5. The zero-order chi connectivity index (χ0) is 19.3. The van der Waals surface area contributed by atoms with Gasteiger partial charge in [-0.15, -0.1) is 0 Å². The Morgan fingerprint density at radius 2 is 1.59 bits per heavy atom. The Morgan fingerprint density at radius 3 is 2.19 bits per heavy atom. The summed E-state index contributed by atoms with van der Waals surface area (Å²) in [6, 6.07) is 20.5. The van der Waals surface area contributed by atoms with E-state index in [1.165, 1.54) is 5.56 Å². The number of rotatable bonds is 9. The molecule has 0 spiro atoms. The molecule has 0 aliphatic rings. The topological polar surface area (TPSA) is 56.7 Å². The van der Waals surface area contributed by atoms with Crippen LogP contribution in [0.15, 0.2) is 65.7 Å². The van der Waals surface area contributed by atoms with Gasteiger partial charge in [-0.1, -0.05) is 60.7 Å². The van der Waals surface area contributed by atoms with Gasteiger partial charge in [-0.05, 0) is 30.9 Å². The van der Waals surface area contributed by atoms with Crippen molar-refractivity contribution in [1.82, 2.24) is 15.5 Å². The summed E-state index contributed by atoms with van der Waals surface area (Å²) in [6.07, 6.45) is 2.03. The van der Waals surface area contributed by atoms with Crippen molar-refractivity contribution in [3.8, 4) is 0 Å². The summed E-state index contributed by atoms with van der Waals surface area (Å²) in [5.74, 6) is 0.723. The van der Waals surface area contributed by atoms with Gasteiger partial charge in [-0.3, -0.25) is 9.79 Å². The smallest absolute Gasteiger partial charge is 0.242 e. The van der Waals surface area contributed by atoms with Crippen molar-refractivity contribution in [1.29, 1.82) is 0 Å². The highest BCUT2D eigenvalue weighted by molar-refractivity contribution is 5.86. The van der Waals surface area contributed by atoms with Gasteiger partial charge in [0.1, 0.15) is 0 Å². The molecule has 0 heterocycles. The number of hydrogen-bond acceptors (Lipinski definition) is 2. The van der Waals surface area contributed by atoms with Crippen LogP contribution in [0.2, 0.25) is 0 Å². The molecule has 27 heavy (non-hydrogen) atoms. The molecule has 2 aromatic carbocycles. The van der Waals surface area contributed by atoms with Crippen molar-refractivity contribution in [3.05, 3.63) is 71.8 Å². The van der Waals surface area contributed by atoms with E-state index in [0.717, 1.165) is 24.9 Å². The fourth-order valence-electron chi connectivity index (χ4n) is 2.82. The molecule has 5 heteroatoms. The van der Waals surface area contributed by atoms with Crippen molar-refractivity contribution >= 4 is 11.9 Å². The van der Waals surface area contributed by atoms with Crippen LogP contribution in [0.3, 0.4) is 0 Å². The third-order valence-electron chi connectivity index (χ3n) is 4.36. The molecular weight excluding hydrogens is 336 g/mol. The van der Waals surface area contributed by atoms with E-state index in [2.05, 4.69) is 39.9 Å². The molecule has 144 valence electrons. The molecule has 5 nitrogen and oxygen atoms in total. The van der Waals surface area contributed by atoms with Crippen molar-refractivity contribution in [3.63, 3.8) is 0 Å². The van der Waals surface area contributed by atoms with E-state index in [1.807, 2.05) is 48.2 Å². The SMILES string of the molecule is CCN(Cc1ccccc1)C(=O)CNC(=NC)NCCCc1ccccc1. The number of hydrogen-bond donors (Lipinski definition) is 2. The zero-order valence-corrected chi connectivity index (χ0v) is 16.3. The largest absolute Gasteiger partial charge is 0.356 e. The lowest BCUT2D eigenvalue weighted by Gasteiger charge is -2.22. The Hall–Kier alpha value is -2.82. The number of nitrogens with zero attached hydrogens (tertiary/aromatic N) is 2. The van der Waals surface area contributed by atoms with E-state index < -0.39 is 0 Å². The van der Waals surface area contributed by atoms with Gasteiger partial charge in [0.25, 0.3) is 0 Å². The number of guanidine groups is 1. The van der Waals surface area contributed by atoms with Crippen LogP contribution in [0.25, 0.3) is 0 Å². The quantitative estimate of drug-likeness (QED) is 0.408. The summed E-state index contributed by atoms with van der Waals surface area (Å²) in [7, 11) is 1.72. The molecule has 0 aromatic heterocycles. The predicted molar refractivity (Wildman–Crippen MR) is 112 cm³/mol. The van der Waals surface area contributed by atoms with E-state index in [1.54, 1.807) is 7.05 Å². The molecule has 2 N–H and O–H groups in total. The summed E-state index contributed by atoms with van der Waals surface area (Å²) in [5.41, 5.74) is 2.47. The highest BCUT2D eigenvalue weighted by Crippen LogP contribution is 2.04. The number of aryl methyl sites for hydroxylation is 1. The van der Waals surface area contributed by atoms with Gasteiger partial charge >= 0.3 is 0 Å². The van der Waals surface area contributed by atoms with E-state index in [9.17, 15) is 4.79 Å². The molecule has 2 aromatic rings. The van der Waals surface area contributed by atoms with E-state index in [4.69, 9.17) is 0 Å². The van der Waals surface area contributed by atoms with E-state index in [-0.39, 0.29) is 12.5 Å². The van der Waals surface area contributed by atoms with E-state index in [0.29, 0.717) is 19.0 Å². The highest BCUT2D eigenvalue weighted by atomic mass is 16.2. The molecule has 0 bridgehead atoms. The first-order valence-corrected chi connectivity index (χ1v) is 9.53. The lowest BCUT2D eigenvalue weighted by molar-refractivity contribution is -0.130. The van der Waals surface area contributed by atoms with Crippen LogP contribution in [-0.2, 0) is 17.8 Å². The number of benzene rings is 2. The number of likely N-dealkylation sites (N-methyl/N-ethyl adjacent to an activating group) is 1. The molecule has 0 fully saturated rings. The Kier molecular flexibility index (Phi) is 8.90. The van der Waals surface area contributed by atoms with Gasteiger partial charge in [0.15, 0.2) is 5.96 Å². The van der Waals surface area contributed by atoms with Crippen molar-refractivity contribution in [2.45, 2.75) is 26.3 Å². The second kappa shape index (κ2) is 11.7. The molecule has 0 saturated carbocycles. The molecule has 1 amide bonds. The monoisotopic (exact) mass is 366 g/mol. The Bertz CT molecular complexity index is 701. The van der Waals surface area contributed by atoms with Gasteiger partial charge in [0, 0.05) is 26.7 Å². The minimum Gasteiger partial charge on any atom is -0.356 e. The minimum absolute atomic E-state index is 0.0635. The third kappa shape index (κ3) is 7.52.